The van der Waals surface area contributed by atoms with Crippen LogP contribution in [-0.2, 0) is 16.1 Å². The van der Waals surface area contributed by atoms with Gasteiger partial charge in [0.15, 0.2) is 0 Å². The molecular formula is C16H12N2O4S. The van der Waals surface area contributed by atoms with E-state index in [1.165, 1.54) is 23.5 Å². The van der Waals surface area contributed by atoms with Crippen LogP contribution in [0.2, 0.25) is 0 Å². The van der Waals surface area contributed by atoms with Crippen molar-refractivity contribution < 1.29 is 19.2 Å². The molecule has 116 valence electrons. The molecule has 1 aliphatic heterocycles. The molecule has 23 heavy (non-hydrogen) atoms. The average molecular weight is 328 g/mol. The van der Waals surface area contributed by atoms with Gasteiger partial charge in [-0.15, -0.1) is 11.3 Å². The van der Waals surface area contributed by atoms with Crippen molar-refractivity contribution in [3.63, 3.8) is 0 Å². The molecule has 1 aromatic carbocycles. The molecule has 2 heterocycles. The number of nitrogens with zero attached hydrogens (tertiary/aromatic N) is 2. The number of hydrogen-bond acceptors (Lipinski definition) is 6. The highest BCUT2D eigenvalue weighted by molar-refractivity contribution is 7.09. The quantitative estimate of drug-likeness (QED) is 0.805. The summed E-state index contributed by atoms with van der Waals surface area (Å²) in [6.07, 6.45) is 2.23. The summed E-state index contributed by atoms with van der Waals surface area (Å²) in [4.78, 5) is 45.6. The van der Waals surface area contributed by atoms with Gasteiger partial charge in [0.05, 0.1) is 16.8 Å². The number of hydrogen-bond donors (Lipinski definition) is 0. The summed E-state index contributed by atoms with van der Waals surface area (Å²) in [5.74, 6) is -1.38. The van der Waals surface area contributed by atoms with Crippen LogP contribution < -0.4 is 0 Å². The highest BCUT2D eigenvalue weighted by atomic mass is 32.1. The Bertz CT molecular complexity index is 790. The predicted octanol–water partition coefficient (Wildman–Crippen LogP) is 2.32. The van der Waals surface area contributed by atoms with Crippen LogP contribution >= 0.6 is 11.3 Å². The molecule has 1 saturated carbocycles. The molecule has 6 nitrogen and oxygen atoms in total. The number of amides is 2. The molecular weight excluding hydrogens is 316 g/mol. The number of rotatable bonds is 4. The van der Waals surface area contributed by atoms with Gasteiger partial charge in [0.25, 0.3) is 11.8 Å². The third-order valence-electron chi connectivity index (χ3n) is 3.81. The van der Waals surface area contributed by atoms with E-state index in [0.717, 1.165) is 18.5 Å². The molecule has 1 aliphatic carbocycles. The van der Waals surface area contributed by atoms with Crippen molar-refractivity contribution in [1.29, 1.82) is 0 Å². The molecule has 0 bridgehead atoms. The van der Waals surface area contributed by atoms with Crippen LogP contribution in [0.4, 0.5) is 0 Å². The highest BCUT2D eigenvalue weighted by Crippen LogP contribution is 2.40. The summed E-state index contributed by atoms with van der Waals surface area (Å²) >= 11 is 1.39. The fourth-order valence-corrected chi connectivity index (χ4v) is 3.34. The Morgan fingerprint density at radius 3 is 2.48 bits per heavy atom. The van der Waals surface area contributed by atoms with Crippen LogP contribution in [-0.4, -0.2) is 27.8 Å². The first-order valence-corrected chi connectivity index (χ1v) is 8.14. The Kier molecular flexibility index (Phi) is 3.23. The van der Waals surface area contributed by atoms with Gasteiger partial charge in [-0.25, -0.2) is 9.78 Å². The van der Waals surface area contributed by atoms with Crippen molar-refractivity contribution in [3.05, 3.63) is 51.5 Å². The van der Waals surface area contributed by atoms with E-state index in [4.69, 9.17) is 4.84 Å². The maximum Gasteiger partial charge on any atom is 0.340 e. The highest BCUT2D eigenvalue weighted by Gasteiger charge is 2.38. The monoisotopic (exact) mass is 328 g/mol. The fourth-order valence-electron chi connectivity index (χ4n) is 2.48. The van der Waals surface area contributed by atoms with Gasteiger partial charge < -0.3 is 4.84 Å². The Hall–Kier alpha value is -2.54. The van der Waals surface area contributed by atoms with Gasteiger partial charge in [0.2, 0.25) is 0 Å². The number of imide groups is 1. The van der Waals surface area contributed by atoms with Gasteiger partial charge in [-0.1, -0.05) is 17.2 Å². The van der Waals surface area contributed by atoms with Gasteiger partial charge in [-0.3, -0.25) is 9.59 Å². The number of hydroxylamine groups is 2. The van der Waals surface area contributed by atoms with Gasteiger partial charge in [-0.2, -0.15) is 0 Å². The lowest BCUT2D eigenvalue weighted by Gasteiger charge is -2.11. The van der Waals surface area contributed by atoms with E-state index in [2.05, 4.69) is 4.98 Å². The molecule has 0 saturated heterocycles. The van der Waals surface area contributed by atoms with Crippen molar-refractivity contribution in [2.75, 3.05) is 0 Å². The lowest BCUT2D eigenvalue weighted by atomic mass is 10.1. The predicted molar refractivity (Wildman–Crippen MR) is 80.8 cm³/mol. The second-order valence-corrected chi connectivity index (χ2v) is 6.47. The minimum Gasteiger partial charge on any atom is -0.329 e. The summed E-state index contributed by atoms with van der Waals surface area (Å²) in [6.45, 7) is 0. The molecule has 2 amide bonds. The van der Waals surface area contributed by atoms with Crippen LogP contribution in [0.25, 0.3) is 0 Å². The normalized spacial score (nSPS) is 16.6. The molecule has 0 N–H and O–H groups in total. The Morgan fingerprint density at radius 2 is 1.87 bits per heavy atom. The van der Waals surface area contributed by atoms with Gasteiger partial charge in [0.1, 0.15) is 11.4 Å². The number of carbonyl (C=O) groups is 3. The van der Waals surface area contributed by atoms with Crippen molar-refractivity contribution in [2.45, 2.75) is 25.2 Å². The van der Waals surface area contributed by atoms with E-state index < -0.39 is 17.8 Å². The Morgan fingerprint density at radius 1 is 1.22 bits per heavy atom. The summed E-state index contributed by atoms with van der Waals surface area (Å²) < 4.78 is 0. The van der Waals surface area contributed by atoms with Crippen LogP contribution in [0.1, 0.15) is 50.2 Å². The van der Waals surface area contributed by atoms with Crippen LogP contribution in [0.5, 0.6) is 0 Å². The van der Waals surface area contributed by atoms with Gasteiger partial charge in [0, 0.05) is 11.3 Å². The molecule has 4 rings (SSSR count). The van der Waals surface area contributed by atoms with Gasteiger partial charge >= 0.3 is 5.97 Å². The second kappa shape index (κ2) is 5.27. The third kappa shape index (κ3) is 2.53. The number of benzene rings is 1. The number of thiazole rings is 1. The van der Waals surface area contributed by atoms with Crippen LogP contribution in [0.3, 0.4) is 0 Å². The first-order valence-electron chi connectivity index (χ1n) is 7.26. The minimum absolute atomic E-state index is 0.0508. The first kappa shape index (κ1) is 14.1. The Balaban J connectivity index is 1.44. The maximum atomic E-state index is 12.1. The van der Waals surface area contributed by atoms with Crippen molar-refractivity contribution in [3.8, 4) is 0 Å². The molecule has 0 spiro atoms. The van der Waals surface area contributed by atoms with Gasteiger partial charge in [-0.05, 0) is 25.0 Å². The zero-order chi connectivity index (χ0) is 16.0. The summed E-state index contributed by atoms with van der Waals surface area (Å²) in [5, 5.41) is 3.11. The number of aromatic nitrogens is 1. The topological polar surface area (TPSA) is 76.6 Å². The first-order chi connectivity index (χ1) is 11.1. The average Bonchev–Trinajstić information content (AvgIpc) is 3.26. The lowest BCUT2D eigenvalue weighted by Crippen LogP contribution is -2.33. The molecule has 2 aromatic rings. The SMILES string of the molecule is O=C(Cc1nc(C2CC2)cs1)ON1C(=O)c2ccccc2C1=O. The second-order valence-electron chi connectivity index (χ2n) is 5.53. The van der Waals surface area contributed by atoms with Crippen molar-refractivity contribution in [1.82, 2.24) is 10.0 Å². The van der Waals surface area contributed by atoms with E-state index in [1.54, 1.807) is 12.1 Å². The van der Waals surface area contributed by atoms with Crippen LogP contribution in [0, 0.1) is 0 Å². The molecule has 1 fully saturated rings. The Labute approximate surface area is 135 Å². The fraction of sp³-hybridized carbons (Fsp3) is 0.250. The van der Waals surface area contributed by atoms with Crippen LogP contribution in [0.15, 0.2) is 29.6 Å². The van der Waals surface area contributed by atoms with E-state index >= 15 is 0 Å². The van der Waals surface area contributed by atoms with E-state index in [9.17, 15) is 14.4 Å². The maximum absolute atomic E-state index is 12.1. The zero-order valence-corrected chi connectivity index (χ0v) is 12.8. The number of carbonyl (C=O) groups excluding carboxylic acids is 3. The summed E-state index contributed by atoms with van der Waals surface area (Å²) in [7, 11) is 0. The van der Waals surface area contributed by atoms with E-state index in [-0.39, 0.29) is 17.5 Å². The van der Waals surface area contributed by atoms with Crippen molar-refractivity contribution >= 4 is 29.1 Å². The molecule has 7 heteroatoms. The lowest BCUT2D eigenvalue weighted by molar-refractivity contribution is -0.167. The molecule has 0 unspecified atom stereocenters. The standard InChI is InChI=1S/C16H12N2O4S/c19-14(7-13-17-12(8-23-13)9-5-6-9)22-18-15(20)10-3-1-2-4-11(10)16(18)21/h1-4,8-9H,5-7H2. The largest absolute Gasteiger partial charge is 0.340 e. The molecule has 2 aliphatic rings. The summed E-state index contributed by atoms with van der Waals surface area (Å²) in [5.41, 5.74) is 1.50. The molecule has 0 atom stereocenters. The smallest absolute Gasteiger partial charge is 0.329 e. The van der Waals surface area contributed by atoms with Crippen molar-refractivity contribution in [2.24, 2.45) is 0 Å². The molecule has 1 aromatic heterocycles. The zero-order valence-electron chi connectivity index (χ0n) is 12.0. The van der Waals surface area contributed by atoms with E-state index in [0.29, 0.717) is 16.0 Å². The number of fused-ring (bicyclic) bond motifs is 1. The minimum atomic E-state index is -0.670. The third-order valence-corrected chi connectivity index (χ3v) is 4.68. The summed E-state index contributed by atoms with van der Waals surface area (Å²) in [6, 6.07) is 6.38. The molecule has 0 radical (unpaired) electrons. The van der Waals surface area contributed by atoms with E-state index in [1.807, 2.05) is 5.38 Å².